The molecule has 0 radical (unpaired) electrons. The van der Waals surface area contributed by atoms with Crippen molar-refractivity contribution in [2.24, 2.45) is 0 Å². The molecule has 2 rings (SSSR count). The van der Waals surface area contributed by atoms with Gasteiger partial charge in [-0.05, 0) is 48.2 Å². The third-order valence-electron chi connectivity index (χ3n) is 2.74. The summed E-state index contributed by atoms with van der Waals surface area (Å²) in [6, 6.07) is 18.0. The van der Waals surface area contributed by atoms with Crippen molar-refractivity contribution < 1.29 is 38.7 Å². The molecule has 0 aliphatic carbocycles. The molecule has 2 aromatic carbocycles. The molecule has 0 amide bonds. The fraction of sp³-hybridized carbons (Fsp3) is 0.250. The van der Waals surface area contributed by atoms with Gasteiger partial charge in [0, 0.05) is 0 Å². The maximum atomic E-state index is 8.63. The van der Waals surface area contributed by atoms with Gasteiger partial charge in [0.1, 0.15) is 0 Å². The van der Waals surface area contributed by atoms with Crippen LogP contribution in [0.2, 0.25) is 0 Å². The minimum absolute atomic E-state index is 0.0207. The van der Waals surface area contributed by atoms with Crippen LogP contribution >= 0.6 is 0 Å². The lowest BCUT2D eigenvalue weighted by molar-refractivity contribution is -0.597. The number of rotatable bonds is 3. The van der Waals surface area contributed by atoms with Crippen molar-refractivity contribution >= 4 is 10.4 Å². The quantitative estimate of drug-likeness (QED) is 0.427. The first-order valence-corrected chi connectivity index (χ1v) is 10.2. The Kier molecular flexibility index (Phi) is 7.47. The van der Waals surface area contributed by atoms with Gasteiger partial charge < -0.3 is 4.55 Å². The average molecular weight is 434 g/mol. The van der Waals surface area contributed by atoms with Crippen LogP contribution < -0.4 is 21.2 Å². The van der Waals surface area contributed by atoms with E-state index < -0.39 is 10.4 Å². The Labute approximate surface area is 142 Å². The highest BCUT2D eigenvalue weighted by Gasteiger charge is 2.15. The zero-order chi connectivity index (χ0) is 16.8. The molecule has 0 aliphatic rings. The van der Waals surface area contributed by atoms with Gasteiger partial charge >= 0.3 is 21.2 Å². The maximum Gasteiger partial charge on any atom is 0.357 e. The standard InChI is InChI=1S/C16H18I.H2O4S/c1-12(2)14-7-9-15(10-8-14)17-16-6-4-5-13(3)11-16;1-5(2,3)4/h4-12H,1-3H3;(H2,1,2,3,4)/q+1;/p-1. The second kappa shape index (κ2) is 8.61. The predicted octanol–water partition coefficient (Wildman–Crippen LogP) is 0.251. The lowest BCUT2D eigenvalue weighted by Crippen LogP contribution is -3.61. The van der Waals surface area contributed by atoms with Crippen LogP contribution in [0.15, 0.2) is 48.5 Å². The van der Waals surface area contributed by atoms with Crippen LogP contribution in [-0.2, 0) is 10.4 Å². The van der Waals surface area contributed by atoms with Gasteiger partial charge in [0.05, 0.1) is 0 Å². The topological polar surface area (TPSA) is 77.4 Å². The molecular formula is C16H19IO4S. The molecule has 0 bridgehead atoms. The molecule has 0 aliphatic heterocycles. The molecule has 4 nitrogen and oxygen atoms in total. The Balaban J connectivity index is 0.000000422. The van der Waals surface area contributed by atoms with Crippen LogP contribution in [-0.4, -0.2) is 17.5 Å². The molecule has 120 valence electrons. The van der Waals surface area contributed by atoms with Gasteiger partial charge in [0.15, 0.2) is 7.14 Å². The minimum atomic E-state index is -4.92. The van der Waals surface area contributed by atoms with Gasteiger partial charge in [-0.3, -0.25) is 4.55 Å². The van der Waals surface area contributed by atoms with E-state index in [0.717, 1.165) is 0 Å². The summed E-state index contributed by atoms with van der Waals surface area (Å²) >= 11 is -0.0207. The summed E-state index contributed by atoms with van der Waals surface area (Å²) in [5.41, 5.74) is 2.79. The molecule has 0 atom stereocenters. The Morgan fingerprint density at radius 1 is 1.05 bits per heavy atom. The normalized spacial score (nSPS) is 11.0. The third-order valence-corrected chi connectivity index (χ3v) is 5.37. The van der Waals surface area contributed by atoms with Crippen molar-refractivity contribution in [3.63, 3.8) is 0 Å². The predicted molar refractivity (Wildman–Crippen MR) is 81.4 cm³/mol. The third kappa shape index (κ3) is 8.47. The maximum absolute atomic E-state index is 8.63. The van der Waals surface area contributed by atoms with E-state index in [-0.39, 0.29) is 21.2 Å². The van der Waals surface area contributed by atoms with Gasteiger partial charge in [-0.1, -0.05) is 38.1 Å². The lowest BCUT2D eigenvalue weighted by Gasteiger charge is -2.02. The molecular weight excluding hydrogens is 415 g/mol. The molecule has 0 aromatic heterocycles. The van der Waals surface area contributed by atoms with Gasteiger partial charge in [0.2, 0.25) is 10.4 Å². The number of aryl methyl sites for hydroxylation is 1. The van der Waals surface area contributed by atoms with E-state index in [0.29, 0.717) is 5.92 Å². The van der Waals surface area contributed by atoms with Gasteiger partial charge in [0.25, 0.3) is 0 Å². The van der Waals surface area contributed by atoms with Crippen molar-refractivity contribution in [3.8, 4) is 0 Å². The SMILES string of the molecule is Cc1cccc([I+]c2ccc(C(C)C)cc2)c1.O=S(=O)([O-])O. The number of hydrogen-bond acceptors (Lipinski definition) is 3. The van der Waals surface area contributed by atoms with Gasteiger partial charge in [-0.25, -0.2) is 8.42 Å². The first-order valence-electron chi connectivity index (χ1n) is 6.65. The Morgan fingerprint density at radius 2 is 1.59 bits per heavy atom. The minimum Gasteiger partial charge on any atom is -0.726 e. The van der Waals surface area contributed by atoms with Crippen LogP contribution in [0.4, 0.5) is 0 Å². The monoisotopic (exact) mass is 434 g/mol. The van der Waals surface area contributed by atoms with E-state index in [1.807, 2.05) is 0 Å². The van der Waals surface area contributed by atoms with Crippen molar-refractivity contribution in [3.05, 3.63) is 66.8 Å². The van der Waals surface area contributed by atoms with E-state index in [2.05, 4.69) is 69.3 Å². The lowest BCUT2D eigenvalue weighted by atomic mass is 10.0. The van der Waals surface area contributed by atoms with Crippen molar-refractivity contribution in [1.82, 2.24) is 0 Å². The molecule has 0 fully saturated rings. The molecule has 6 heteroatoms. The van der Waals surface area contributed by atoms with Crippen LogP contribution in [0, 0.1) is 14.1 Å². The molecule has 0 saturated carbocycles. The van der Waals surface area contributed by atoms with E-state index in [4.69, 9.17) is 17.5 Å². The fourth-order valence-electron chi connectivity index (χ4n) is 1.70. The molecule has 0 saturated heterocycles. The number of halogens is 1. The average Bonchev–Trinajstić information content (AvgIpc) is 2.37. The zero-order valence-electron chi connectivity index (χ0n) is 12.7. The summed E-state index contributed by atoms with van der Waals surface area (Å²) in [7, 11) is -4.92. The first kappa shape index (κ1) is 19.1. The molecule has 22 heavy (non-hydrogen) atoms. The van der Waals surface area contributed by atoms with Gasteiger partial charge in [-0.2, -0.15) is 0 Å². The zero-order valence-corrected chi connectivity index (χ0v) is 15.6. The van der Waals surface area contributed by atoms with E-state index >= 15 is 0 Å². The largest absolute Gasteiger partial charge is 0.726 e. The van der Waals surface area contributed by atoms with Crippen LogP contribution in [0.25, 0.3) is 0 Å². The first-order chi connectivity index (χ1) is 10.1. The summed E-state index contributed by atoms with van der Waals surface area (Å²) in [5.74, 6) is 0.626. The van der Waals surface area contributed by atoms with Gasteiger partial charge in [-0.15, -0.1) is 0 Å². The number of benzene rings is 2. The smallest absolute Gasteiger partial charge is 0.357 e. The summed E-state index contributed by atoms with van der Waals surface area (Å²) in [6.07, 6.45) is 0. The second-order valence-electron chi connectivity index (χ2n) is 5.03. The highest BCUT2D eigenvalue weighted by atomic mass is 127. The van der Waals surface area contributed by atoms with Crippen LogP contribution in [0.1, 0.15) is 30.9 Å². The summed E-state index contributed by atoms with van der Waals surface area (Å²) in [6.45, 7) is 6.64. The van der Waals surface area contributed by atoms with Crippen LogP contribution in [0.3, 0.4) is 0 Å². The van der Waals surface area contributed by atoms with Crippen molar-refractivity contribution in [2.75, 3.05) is 0 Å². The Morgan fingerprint density at radius 3 is 2.05 bits per heavy atom. The molecule has 0 unspecified atom stereocenters. The summed E-state index contributed by atoms with van der Waals surface area (Å²) in [5, 5.41) is 0. The van der Waals surface area contributed by atoms with E-state index in [1.165, 1.54) is 18.3 Å². The Hall–Kier alpha value is -0.960. The van der Waals surface area contributed by atoms with Crippen LogP contribution in [0.5, 0.6) is 0 Å². The van der Waals surface area contributed by atoms with E-state index in [1.54, 1.807) is 0 Å². The number of hydrogen-bond donors (Lipinski definition) is 1. The van der Waals surface area contributed by atoms with E-state index in [9.17, 15) is 0 Å². The molecule has 0 spiro atoms. The summed E-state index contributed by atoms with van der Waals surface area (Å²) < 4.78 is 35.8. The summed E-state index contributed by atoms with van der Waals surface area (Å²) in [4.78, 5) is 0. The van der Waals surface area contributed by atoms with Crippen molar-refractivity contribution in [2.45, 2.75) is 26.7 Å². The fourth-order valence-corrected chi connectivity index (χ4v) is 4.17. The molecule has 1 N–H and O–H groups in total. The van der Waals surface area contributed by atoms with Crippen molar-refractivity contribution in [1.29, 1.82) is 0 Å². The molecule has 2 aromatic rings. The highest BCUT2D eigenvalue weighted by Crippen LogP contribution is 2.12. The highest BCUT2D eigenvalue weighted by molar-refractivity contribution is 7.79. The second-order valence-corrected chi connectivity index (χ2v) is 8.91. The molecule has 0 heterocycles. The Bertz CT molecular complexity index is 686.